The molecule has 0 atom stereocenters. The molecule has 0 spiro atoms. The number of nitrogens with one attached hydrogen (secondary N) is 1. The Balaban J connectivity index is 1.86. The number of aliphatic hydroxyl groups is 1. The van der Waals surface area contributed by atoms with E-state index in [4.69, 9.17) is 11.6 Å². The van der Waals surface area contributed by atoms with Crippen molar-refractivity contribution in [2.75, 3.05) is 31.6 Å². The lowest BCUT2D eigenvalue weighted by molar-refractivity contribution is -0.118. The van der Waals surface area contributed by atoms with Crippen molar-refractivity contribution in [3.05, 3.63) is 28.8 Å². The number of hydrogen-bond acceptors (Lipinski definition) is 3. The fourth-order valence-corrected chi connectivity index (χ4v) is 3.21. The minimum atomic E-state index is -0.0428. The number of anilines is 1. The standard InChI is InChI=1S/C17H25ClN2O2/c1-3-17(12-21)6-8-20(9-7-17)11-16(22)19-15-5-4-13(2)10-14(15)18/h4-5,10,21H,3,6-9,11-12H2,1-2H3,(H,19,22). The Labute approximate surface area is 137 Å². The smallest absolute Gasteiger partial charge is 0.238 e. The number of aliphatic hydroxyl groups excluding tert-OH is 1. The van der Waals surface area contributed by atoms with Gasteiger partial charge in [0.05, 0.1) is 17.3 Å². The fourth-order valence-electron chi connectivity index (χ4n) is 2.92. The minimum Gasteiger partial charge on any atom is -0.396 e. The highest BCUT2D eigenvalue weighted by molar-refractivity contribution is 6.33. The maximum atomic E-state index is 12.2. The van der Waals surface area contributed by atoms with Crippen LogP contribution >= 0.6 is 11.6 Å². The maximum absolute atomic E-state index is 12.2. The van der Waals surface area contributed by atoms with Crippen LogP contribution in [0.15, 0.2) is 18.2 Å². The van der Waals surface area contributed by atoms with Gasteiger partial charge >= 0.3 is 0 Å². The fraction of sp³-hybridized carbons (Fsp3) is 0.588. The van der Waals surface area contributed by atoms with E-state index in [-0.39, 0.29) is 17.9 Å². The van der Waals surface area contributed by atoms with Crippen LogP contribution in [-0.2, 0) is 4.79 Å². The SMILES string of the molecule is CCC1(CO)CCN(CC(=O)Nc2ccc(C)cc2Cl)CC1. The first-order chi connectivity index (χ1) is 10.5. The summed E-state index contributed by atoms with van der Waals surface area (Å²) in [6.45, 7) is 6.40. The van der Waals surface area contributed by atoms with E-state index in [0.717, 1.165) is 37.9 Å². The second-order valence-electron chi connectivity index (χ2n) is 6.32. The Kier molecular flexibility index (Phi) is 5.84. The van der Waals surface area contributed by atoms with Crippen LogP contribution in [0.4, 0.5) is 5.69 Å². The van der Waals surface area contributed by atoms with E-state index in [1.165, 1.54) is 0 Å². The molecule has 0 aromatic heterocycles. The van der Waals surface area contributed by atoms with E-state index in [0.29, 0.717) is 17.3 Å². The van der Waals surface area contributed by atoms with E-state index in [9.17, 15) is 9.90 Å². The summed E-state index contributed by atoms with van der Waals surface area (Å²) in [4.78, 5) is 14.3. The highest BCUT2D eigenvalue weighted by Gasteiger charge is 2.32. The van der Waals surface area contributed by atoms with Crippen molar-refractivity contribution in [2.45, 2.75) is 33.1 Å². The van der Waals surface area contributed by atoms with Crippen LogP contribution < -0.4 is 5.32 Å². The summed E-state index contributed by atoms with van der Waals surface area (Å²) in [6, 6.07) is 5.60. The highest BCUT2D eigenvalue weighted by Crippen LogP contribution is 2.34. The zero-order chi connectivity index (χ0) is 16.2. The van der Waals surface area contributed by atoms with Gasteiger partial charge in [-0.1, -0.05) is 24.6 Å². The molecule has 0 radical (unpaired) electrons. The number of likely N-dealkylation sites (tertiary alicyclic amines) is 1. The van der Waals surface area contributed by atoms with Crippen molar-refractivity contribution in [3.63, 3.8) is 0 Å². The first-order valence-corrected chi connectivity index (χ1v) is 8.25. The Hall–Kier alpha value is -1.10. The summed E-state index contributed by atoms with van der Waals surface area (Å²) in [5.41, 5.74) is 1.78. The molecular weight excluding hydrogens is 300 g/mol. The minimum absolute atomic E-state index is 0.0428. The van der Waals surface area contributed by atoms with E-state index < -0.39 is 0 Å². The summed E-state index contributed by atoms with van der Waals surface area (Å²) in [5.74, 6) is -0.0428. The van der Waals surface area contributed by atoms with E-state index >= 15 is 0 Å². The molecule has 1 aromatic carbocycles. The van der Waals surface area contributed by atoms with Crippen molar-refractivity contribution in [3.8, 4) is 0 Å². The molecule has 1 amide bonds. The van der Waals surface area contributed by atoms with Crippen LogP contribution in [0.25, 0.3) is 0 Å². The summed E-state index contributed by atoms with van der Waals surface area (Å²) >= 11 is 6.14. The molecule has 2 N–H and O–H groups in total. The predicted octanol–water partition coefficient (Wildman–Crippen LogP) is 3.07. The van der Waals surface area contributed by atoms with Crippen molar-refractivity contribution in [1.29, 1.82) is 0 Å². The maximum Gasteiger partial charge on any atom is 0.238 e. The average Bonchev–Trinajstić information content (AvgIpc) is 2.51. The van der Waals surface area contributed by atoms with Gasteiger partial charge in [-0.2, -0.15) is 0 Å². The topological polar surface area (TPSA) is 52.6 Å². The summed E-state index contributed by atoms with van der Waals surface area (Å²) in [7, 11) is 0. The molecular formula is C17H25ClN2O2. The Bertz CT molecular complexity index is 519. The van der Waals surface area contributed by atoms with Gasteiger partial charge in [-0.3, -0.25) is 9.69 Å². The lowest BCUT2D eigenvalue weighted by Crippen LogP contribution is -2.44. The Morgan fingerprint density at radius 2 is 2.09 bits per heavy atom. The van der Waals surface area contributed by atoms with Gasteiger partial charge in [-0.15, -0.1) is 0 Å². The molecule has 1 heterocycles. The first-order valence-electron chi connectivity index (χ1n) is 7.87. The zero-order valence-electron chi connectivity index (χ0n) is 13.4. The van der Waals surface area contributed by atoms with E-state index in [1.54, 1.807) is 0 Å². The third-order valence-electron chi connectivity index (χ3n) is 4.77. The Morgan fingerprint density at radius 1 is 1.41 bits per heavy atom. The third-order valence-corrected chi connectivity index (χ3v) is 5.08. The van der Waals surface area contributed by atoms with Crippen LogP contribution in [-0.4, -0.2) is 42.2 Å². The van der Waals surface area contributed by atoms with Crippen molar-refractivity contribution >= 4 is 23.2 Å². The predicted molar refractivity (Wildman–Crippen MR) is 90.3 cm³/mol. The summed E-state index contributed by atoms with van der Waals surface area (Å²) in [5, 5.41) is 13.0. The number of hydrogen-bond donors (Lipinski definition) is 2. The number of carbonyl (C=O) groups is 1. The second-order valence-corrected chi connectivity index (χ2v) is 6.73. The quantitative estimate of drug-likeness (QED) is 0.875. The Morgan fingerprint density at radius 3 is 2.64 bits per heavy atom. The molecule has 1 aliphatic rings. The molecule has 122 valence electrons. The first kappa shape index (κ1) is 17.3. The number of piperidine rings is 1. The normalized spacial score (nSPS) is 18.2. The highest BCUT2D eigenvalue weighted by atomic mass is 35.5. The average molecular weight is 325 g/mol. The van der Waals surface area contributed by atoms with Crippen molar-refractivity contribution < 1.29 is 9.90 Å². The number of halogens is 1. The van der Waals surface area contributed by atoms with Crippen molar-refractivity contribution in [1.82, 2.24) is 4.90 Å². The molecule has 0 bridgehead atoms. The van der Waals surface area contributed by atoms with Gasteiger partial charge in [-0.05, 0) is 62.4 Å². The number of benzene rings is 1. The zero-order valence-corrected chi connectivity index (χ0v) is 14.1. The third kappa shape index (κ3) is 4.22. The second kappa shape index (κ2) is 7.44. The summed E-state index contributed by atoms with van der Waals surface area (Å²) in [6.07, 6.45) is 2.87. The molecule has 0 saturated carbocycles. The van der Waals surface area contributed by atoms with Crippen LogP contribution in [0.2, 0.25) is 5.02 Å². The number of rotatable bonds is 5. The molecule has 5 heteroatoms. The molecule has 4 nitrogen and oxygen atoms in total. The molecule has 1 aliphatic heterocycles. The molecule has 0 unspecified atom stereocenters. The number of nitrogens with zero attached hydrogens (tertiary/aromatic N) is 1. The van der Waals surface area contributed by atoms with Crippen molar-refractivity contribution in [2.24, 2.45) is 5.41 Å². The lowest BCUT2D eigenvalue weighted by Gasteiger charge is -2.39. The van der Waals surface area contributed by atoms with Gasteiger partial charge in [0.15, 0.2) is 0 Å². The number of aryl methyl sites for hydroxylation is 1. The van der Waals surface area contributed by atoms with Gasteiger partial charge in [0.25, 0.3) is 0 Å². The largest absolute Gasteiger partial charge is 0.396 e. The van der Waals surface area contributed by atoms with E-state index in [1.807, 2.05) is 25.1 Å². The summed E-state index contributed by atoms with van der Waals surface area (Å²) < 4.78 is 0. The van der Waals surface area contributed by atoms with Gasteiger partial charge < -0.3 is 10.4 Å². The van der Waals surface area contributed by atoms with Crippen LogP contribution in [0.3, 0.4) is 0 Å². The molecule has 1 saturated heterocycles. The monoisotopic (exact) mass is 324 g/mol. The van der Waals surface area contributed by atoms with Gasteiger partial charge in [-0.25, -0.2) is 0 Å². The van der Waals surface area contributed by atoms with Crippen LogP contribution in [0.5, 0.6) is 0 Å². The molecule has 1 aromatic rings. The molecule has 2 rings (SSSR count). The van der Waals surface area contributed by atoms with E-state index in [2.05, 4.69) is 17.1 Å². The van der Waals surface area contributed by atoms with Crippen LogP contribution in [0, 0.1) is 12.3 Å². The number of carbonyl (C=O) groups excluding carboxylic acids is 1. The van der Waals surface area contributed by atoms with Gasteiger partial charge in [0.2, 0.25) is 5.91 Å². The molecule has 1 fully saturated rings. The molecule has 0 aliphatic carbocycles. The van der Waals surface area contributed by atoms with Gasteiger partial charge in [0, 0.05) is 6.61 Å². The van der Waals surface area contributed by atoms with Gasteiger partial charge in [0.1, 0.15) is 0 Å². The van der Waals surface area contributed by atoms with Crippen LogP contribution in [0.1, 0.15) is 31.7 Å². The lowest BCUT2D eigenvalue weighted by atomic mass is 9.77. The molecule has 22 heavy (non-hydrogen) atoms. The number of amides is 1.